The third kappa shape index (κ3) is 3.08. The molecule has 1 aromatic heterocycles. The minimum atomic E-state index is 0.319. The van der Waals surface area contributed by atoms with Crippen LogP contribution in [-0.2, 0) is 11.3 Å². The number of rotatable bonds is 5. The van der Waals surface area contributed by atoms with Crippen LogP contribution in [0.25, 0.3) is 0 Å². The fourth-order valence-corrected chi connectivity index (χ4v) is 2.53. The van der Waals surface area contributed by atoms with Gasteiger partial charge >= 0.3 is 0 Å². The number of anilines is 1. The molecular weight excluding hydrogens is 230 g/mol. The van der Waals surface area contributed by atoms with Crippen molar-refractivity contribution in [1.29, 1.82) is 0 Å². The third-order valence-corrected chi connectivity index (χ3v) is 3.43. The first-order valence-corrected chi connectivity index (χ1v) is 6.61. The predicted molar refractivity (Wildman–Crippen MR) is 73.5 cm³/mol. The van der Waals surface area contributed by atoms with Gasteiger partial charge in [0, 0.05) is 24.4 Å². The van der Waals surface area contributed by atoms with Gasteiger partial charge in [-0.05, 0) is 35.4 Å². The molecular formula is C14H17NOS. The first kappa shape index (κ1) is 12.1. The molecule has 0 aliphatic carbocycles. The predicted octanol–water partition coefficient (Wildman–Crippen LogP) is 4.07. The van der Waals surface area contributed by atoms with Crippen LogP contribution >= 0.6 is 11.3 Å². The SMILES string of the molecule is COCc1ccccc1NC(C)c1ccsc1. The van der Waals surface area contributed by atoms with Crippen molar-refractivity contribution in [3.05, 3.63) is 52.2 Å². The van der Waals surface area contributed by atoms with Crippen molar-refractivity contribution in [2.75, 3.05) is 12.4 Å². The van der Waals surface area contributed by atoms with Crippen LogP contribution in [0.1, 0.15) is 24.1 Å². The van der Waals surface area contributed by atoms with Crippen LogP contribution in [0.15, 0.2) is 41.1 Å². The zero-order valence-electron chi connectivity index (χ0n) is 10.1. The number of hydrogen-bond acceptors (Lipinski definition) is 3. The molecule has 90 valence electrons. The lowest BCUT2D eigenvalue weighted by molar-refractivity contribution is 0.185. The Hall–Kier alpha value is -1.32. The molecule has 2 rings (SSSR count). The molecule has 2 nitrogen and oxygen atoms in total. The maximum absolute atomic E-state index is 5.20. The van der Waals surface area contributed by atoms with E-state index in [-0.39, 0.29) is 0 Å². The fourth-order valence-electron chi connectivity index (χ4n) is 1.78. The zero-order valence-corrected chi connectivity index (χ0v) is 11.0. The number of ether oxygens (including phenoxy) is 1. The summed E-state index contributed by atoms with van der Waals surface area (Å²) in [5, 5.41) is 7.81. The van der Waals surface area contributed by atoms with Crippen LogP contribution in [-0.4, -0.2) is 7.11 Å². The summed E-state index contributed by atoms with van der Waals surface area (Å²) < 4.78 is 5.20. The number of nitrogens with one attached hydrogen (secondary N) is 1. The van der Waals surface area contributed by atoms with Crippen LogP contribution in [0.4, 0.5) is 5.69 Å². The second-order valence-corrected chi connectivity index (χ2v) is 4.79. The van der Waals surface area contributed by atoms with Gasteiger partial charge in [0.25, 0.3) is 0 Å². The van der Waals surface area contributed by atoms with Crippen LogP contribution < -0.4 is 5.32 Å². The highest BCUT2D eigenvalue weighted by Crippen LogP contribution is 2.24. The van der Waals surface area contributed by atoms with Gasteiger partial charge in [-0.15, -0.1) is 0 Å². The monoisotopic (exact) mass is 247 g/mol. The molecule has 0 radical (unpaired) electrons. The lowest BCUT2D eigenvalue weighted by atomic mass is 10.1. The first-order valence-electron chi connectivity index (χ1n) is 5.66. The normalized spacial score (nSPS) is 12.4. The molecule has 1 N–H and O–H groups in total. The molecule has 1 aromatic carbocycles. The Morgan fingerprint density at radius 1 is 1.29 bits per heavy atom. The molecule has 0 saturated heterocycles. The highest BCUT2D eigenvalue weighted by Gasteiger charge is 2.08. The van der Waals surface area contributed by atoms with Crippen LogP contribution in [0.5, 0.6) is 0 Å². The lowest BCUT2D eigenvalue weighted by Crippen LogP contribution is -2.07. The maximum Gasteiger partial charge on any atom is 0.0733 e. The van der Waals surface area contributed by atoms with Crippen molar-refractivity contribution >= 4 is 17.0 Å². The zero-order chi connectivity index (χ0) is 12.1. The van der Waals surface area contributed by atoms with Gasteiger partial charge in [0.05, 0.1) is 6.61 Å². The standard InChI is InChI=1S/C14H17NOS/c1-11(13-7-8-17-10-13)15-14-6-4-3-5-12(14)9-16-2/h3-8,10-11,15H,9H2,1-2H3. The van der Waals surface area contributed by atoms with E-state index < -0.39 is 0 Å². The van der Waals surface area contributed by atoms with Crippen LogP contribution in [0, 0.1) is 0 Å². The quantitative estimate of drug-likeness (QED) is 0.860. The van der Waals surface area contributed by atoms with Crippen molar-refractivity contribution < 1.29 is 4.74 Å². The highest BCUT2D eigenvalue weighted by atomic mass is 32.1. The summed E-state index contributed by atoms with van der Waals surface area (Å²) in [4.78, 5) is 0. The largest absolute Gasteiger partial charge is 0.380 e. The van der Waals surface area contributed by atoms with E-state index in [9.17, 15) is 0 Å². The van der Waals surface area contributed by atoms with Gasteiger partial charge in [-0.1, -0.05) is 18.2 Å². The van der Waals surface area contributed by atoms with E-state index in [1.165, 1.54) is 11.1 Å². The lowest BCUT2D eigenvalue weighted by Gasteiger charge is -2.17. The minimum Gasteiger partial charge on any atom is -0.380 e. The van der Waals surface area contributed by atoms with Crippen molar-refractivity contribution in [2.24, 2.45) is 0 Å². The van der Waals surface area contributed by atoms with Crippen molar-refractivity contribution in [1.82, 2.24) is 0 Å². The van der Waals surface area contributed by atoms with E-state index in [1.807, 2.05) is 12.1 Å². The van der Waals surface area contributed by atoms with Gasteiger partial charge in [-0.3, -0.25) is 0 Å². The van der Waals surface area contributed by atoms with Crippen molar-refractivity contribution in [3.8, 4) is 0 Å². The Labute approximate surface area is 106 Å². The van der Waals surface area contributed by atoms with Crippen LogP contribution in [0.2, 0.25) is 0 Å². The van der Waals surface area contributed by atoms with E-state index in [0.29, 0.717) is 12.6 Å². The Morgan fingerprint density at radius 3 is 2.82 bits per heavy atom. The van der Waals surface area contributed by atoms with Gasteiger partial charge in [-0.25, -0.2) is 0 Å². The molecule has 1 atom stereocenters. The molecule has 1 unspecified atom stereocenters. The van der Waals surface area contributed by atoms with Crippen LogP contribution in [0.3, 0.4) is 0 Å². The Morgan fingerprint density at radius 2 is 2.12 bits per heavy atom. The fraction of sp³-hybridized carbons (Fsp3) is 0.286. The molecule has 3 heteroatoms. The molecule has 1 heterocycles. The summed E-state index contributed by atoms with van der Waals surface area (Å²) >= 11 is 1.73. The van der Waals surface area contributed by atoms with Crippen molar-refractivity contribution in [3.63, 3.8) is 0 Å². The van der Waals surface area contributed by atoms with Gasteiger partial charge in [-0.2, -0.15) is 11.3 Å². The number of hydrogen-bond donors (Lipinski definition) is 1. The Bertz CT molecular complexity index is 453. The molecule has 0 fully saturated rings. The van der Waals surface area contributed by atoms with Gasteiger partial charge in [0.15, 0.2) is 0 Å². The molecule has 2 aromatic rings. The molecule has 0 saturated carbocycles. The molecule has 0 spiro atoms. The summed E-state index contributed by atoms with van der Waals surface area (Å²) in [6, 6.07) is 10.7. The number of methoxy groups -OCH3 is 1. The number of para-hydroxylation sites is 1. The van der Waals surface area contributed by atoms with E-state index in [2.05, 4.69) is 41.2 Å². The molecule has 0 aliphatic rings. The Balaban J connectivity index is 2.12. The first-order chi connectivity index (χ1) is 8.31. The smallest absolute Gasteiger partial charge is 0.0733 e. The summed E-state index contributed by atoms with van der Waals surface area (Å²) in [6.45, 7) is 2.81. The molecule has 17 heavy (non-hydrogen) atoms. The van der Waals surface area contributed by atoms with E-state index in [0.717, 1.165) is 5.69 Å². The summed E-state index contributed by atoms with van der Waals surface area (Å²) in [7, 11) is 1.72. The van der Waals surface area contributed by atoms with Gasteiger partial charge < -0.3 is 10.1 Å². The van der Waals surface area contributed by atoms with Gasteiger partial charge in [0.1, 0.15) is 0 Å². The molecule has 0 bridgehead atoms. The van der Waals surface area contributed by atoms with Crippen molar-refractivity contribution in [2.45, 2.75) is 19.6 Å². The minimum absolute atomic E-state index is 0.319. The maximum atomic E-state index is 5.20. The topological polar surface area (TPSA) is 21.3 Å². The second kappa shape index (κ2) is 5.84. The van der Waals surface area contributed by atoms with E-state index in [4.69, 9.17) is 4.74 Å². The third-order valence-electron chi connectivity index (χ3n) is 2.73. The highest BCUT2D eigenvalue weighted by molar-refractivity contribution is 7.07. The number of thiophene rings is 1. The van der Waals surface area contributed by atoms with E-state index in [1.54, 1.807) is 18.4 Å². The summed E-state index contributed by atoms with van der Waals surface area (Å²) in [5.41, 5.74) is 3.66. The average molecular weight is 247 g/mol. The van der Waals surface area contributed by atoms with E-state index >= 15 is 0 Å². The molecule has 0 amide bonds. The second-order valence-electron chi connectivity index (χ2n) is 4.01. The number of benzene rings is 1. The van der Waals surface area contributed by atoms with Gasteiger partial charge in [0.2, 0.25) is 0 Å². The summed E-state index contributed by atoms with van der Waals surface area (Å²) in [5.74, 6) is 0. The summed E-state index contributed by atoms with van der Waals surface area (Å²) in [6.07, 6.45) is 0. The Kier molecular flexibility index (Phi) is 4.18. The molecule has 0 aliphatic heterocycles. The average Bonchev–Trinajstić information content (AvgIpc) is 2.85.